The minimum absolute atomic E-state index is 0.0198. The largest absolute Gasteiger partial charge is 0.394 e. The van der Waals surface area contributed by atoms with E-state index in [9.17, 15) is 9.67 Å². The maximum atomic E-state index is 13.2. The summed E-state index contributed by atoms with van der Waals surface area (Å²) in [6.07, 6.45) is 0. The van der Waals surface area contributed by atoms with Crippen LogP contribution in [0.25, 0.3) is 0 Å². The van der Waals surface area contributed by atoms with Crippen molar-refractivity contribution in [2.75, 3.05) is 46.2 Å². The van der Waals surface area contributed by atoms with Gasteiger partial charge in [0.2, 0.25) is 0 Å². The van der Waals surface area contributed by atoms with E-state index in [0.29, 0.717) is 19.8 Å². The molecule has 2 rings (SSSR count). The molecule has 0 bridgehead atoms. The lowest BCUT2D eigenvalue weighted by atomic mass is 9.98. The van der Waals surface area contributed by atoms with Crippen LogP contribution in [0, 0.1) is 0 Å². The van der Waals surface area contributed by atoms with Crippen LogP contribution in [0.15, 0.2) is 0 Å². The molecule has 0 aromatic heterocycles. The van der Waals surface area contributed by atoms with E-state index in [1.807, 2.05) is 13.8 Å². The van der Waals surface area contributed by atoms with E-state index in [1.54, 1.807) is 13.8 Å². The van der Waals surface area contributed by atoms with Crippen LogP contribution < -0.4 is 5.32 Å². The molecule has 2 N–H and O–H groups in total. The quantitative estimate of drug-likeness (QED) is 0.685. The number of morpholine rings is 1. The highest BCUT2D eigenvalue weighted by molar-refractivity contribution is 7.55. The van der Waals surface area contributed by atoms with Crippen molar-refractivity contribution < 1.29 is 32.9 Å². The van der Waals surface area contributed by atoms with Gasteiger partial charge in [0, 0.05) is 0 Å². The fraction of sp³-hybridized carbons (Fsp3) is 1.00. The summed E-state index contributed by atoms with van der Waals surface area (Å²) >= 11 is 0. The van der Waals surface area contributed by atoms with E-state index in [4.69, 9.17) is 23.3 Å². The molecular formula is C14H28NO7P. The van der Waals surface area contributed by atoms with Crippen LogP contribution in [0.1, 0.15) is 27.7 Å². The molecule has 0 radical (unpaired) electrons. The summed E-state index contributed by atoms with van der Waals surface area (Å²) < 4.78 is 41.2. The van der Waals surface area contributed by atoms with Crippen LogP contribution in [0.3, 0.4) is 0 Å². The van der Waals surface area contributed by atoms with Gasteiger partial charge in [0.25, 0.3) is 0 Å². The van der Waals surface area contributed by atoms with Gasteiger partial charge in [-0.05, 0) is 27.7 Å². The molecule has 23 heavy (non-hydrogen) atoms. The van der Waals surface area contributed by atoms with Crippen LogP contribution in [-0.2, 0) is 27.8 Å². The Labute approximate surface area is 137 Å². The van der Waals surface area contributed by atoms with Gasteiger partial charge in [-0.3, -0.25) is 9.88 Å². The highest BCUT2D eigenvalue weighted by Crippen LogP contribution is 2.60. The first-order valence-electron chi connectivity index (χ1n) is 7.91. The molecule has 0 unspecified atom stereocenters. The molecule has 2 aliphatic rings. The third-order valence-electron chi connectivity index (χ3n) is 3.99. The molecule has 2 fully saturated rings. The molecule has 8 nitrogen and oxygen atoms in total. The summed E-state index contributed by atoms with van der Waals surface area (Å²) in [7, 11) is -3.65. The van der Waals surface area contributed by atoms with E-state index < -0.39 is 30.8 Å². The maximum absolute atomic E-state index is 13.2. The van der Waals surface area contributed by atoms with Gasteiger partial charge in [-0.25, -0.2) is 0 Å². The first-order valence-corrected chi connectivity index (χ1v) is 9.45. The zero-order valence-electron chi connectivity index (χ0n) is 14.3. The van der Waals surface area contributed by atoms with Crippen molar-refractivity contribution in [2.45, 2.75) is 44.3 Å². The highest BCUT2D eigenvalue weighted by atomic mass is 31.2. The number of hydrogen-bond donors (Lipinski definition) is 2. The molecule has 2 saturated heterocycles. The summed E-state index contributed by atoms with van der Waals surface area (Å²) in [4.78, 5) is 0. The van der Waals surface area contributed by atoms with Crippen molar-refractivity contribution in [1.29, 1.82) is 0 Å². The second-order valence-electron chi connectivity index (χ2n) is 6.40. The van der Waals surface area contributed by atoms with Gasteiger partial charge in [0.1, 0.15) is 0 Å². The van der Waals surface area contributed by atoms with Crippen LogP contribution in [0.5, 0.6) is 0 Å². The van der Waals surface area contributed by atoms with E-state index in [1.165, 1.54) is 0 Å². The Balaban J connectivity index is 2.26. The summed E-state index contributed by atoms with van der Waals surface area (Å²) in [5.74, 6) is -0.685. The Bertz CT molecular complexity index is 438. The third-order valence-corrected chi connectivity index (χ3v) is 6.62. The minimum atomic E-state index is -3.65. The van der Waals surface area contributed by atoms with Gasteiger partial charge < -0.3 is 28.4 Å². The number of ether oxygens (including phenoxy) is 3. The molecule has 0 amide bonds. The molecule has 9 heteroatoms. The molecule has 136 valence electrons. The van der Waals surface area contributed by atoms with Gasteiger partial charge >= 0.3 is 7.60 Å². The number of hydrogen-bond acceptors (Lipinski definition) is 8. The monoisotopic (exact) mass is 353 g/mol. The molecule has 1 atom stereocenters. The Morgan fingerprint density at radius 1 is 1.09 bits per heavy atom. The average molecular weight is 353 g/mol. The zero-order valence-corrected chi connectivity index (χ0v) is 15.2. The van der Waals surface area contributed by atoms with Crippen LogP contribution in [0.2, 0.25) is 0 Å². The Hall–Kier alpha value is -0.0500. The standard InChI is InChI=1S/C14H28NO7P/c1-5-21-23(17,22-6-2)14(7-16)11-18-8-13(15-14)9-19-12(3,4)20-10-13/h15-16H,5-11H2,1-4H3/t14-/m0/s1. The lowest BCUT2D eigenvalue weighted by molar-refractivity contribution is -0.285. The molecule has 0 aromatic rings. The number of rotatable bonds is 6. The SMILES string of the molecule is CCOP(=O)(OCC)[C@@]1(CO)COCC2(COC(C)(C)OC2)N1. The number of aliphatic hydroxyl groups excluding tert-OH is 1. The topological polar surface area (TPSA) is 95.5 Å². The summed E-state index contributed by atoms with van der Waals surface area (Å²) in [6, 6.07) is 0. The summed E-state index contributed by atoms with van der Waals surface area (Å²) in [5.41, 5.74) is -0.708. The van der Waals surface area contributed by atoms with Crippen molar-refractivity contribution >= 4 is 7.60 Å². The van der Waals surface area contributed by atoms with E-state index >= 15 is 0 Å². The van der Waals surface area contributed by atoms with Crippen molar-refractivity contribution in [2.24, 2.45) is 0 Å². The molecule has 2 heterocycles. The van der Waals surface area contributed by atoms with Crippen LogP contribution in [-0.4, -0.2) is 68.0 Å². The van der Waals surface area contributed by atoms with Gasteiger partial charge in [0.05, 0.1) is 51.8 Å². The fourth-order valence-electron chi connectivity index (χ4n) is 2.79. The number of aliphatic hydroxyl groups is 1. The van der Waals surface area contributed by atoms with Crippen LogP contribution in [0.4, 0.5) is 0 Å². The van der Waals surface area contributed by atoms with Crippen molar-refractivity contribution in [3.63, 3.8) is 0 Å². The maximum Gasteiger partial charge on any atom is 0.355 e. The van der Waals surface area contributed by atoms with Gasteiger partial charge in [0.15, 0.2) is 11.1 Å². The first-order chi connectivity index (χ1) is 10.8. The Morgan fingerprint density at radius 3 is 2.13 bits per heavy atom. The third kappa shape index (κ3) is 3.80. The molecular weight excluding hydrogens is 325 g/mol. The second-order valence-corrected chi connectivity index (χ2v) is 8.77. The van der Waals surface area contributed by atoms with Gasteiger partial charge in [-0.15, -0.1) is 0 Å². The lowest BCUT2D eigenvalue weighted by Crippen LogP contribution is -2.73. The van der Waals surface area contributed by atoms with E-state index in [-0.39, 0.29) is 19.8 Å². The first kappa shape index (κ1) is 19.3. The van der Waals surface area contributed by atoms with E-state index in [0.717, 1.165) is 0 Å². The smallest absolute Gasteiger partial charge is 0.355 e. The molecule has 0 aromatic carbocycles. The highest BCUT2D eigenvalue weighted by Gasteiger charge is 2.59. The summed E-state index contributed by atoms with van der Waals surface area (Å²) in [6.45, 7) is 8.02. The Kier molecular flexibility index (Phi) is 5.91. The molecule has 0 saturated carbocycles. The van der Waals surface area contributed by atoms with Crippen molar-refractivity contribution in [1.82, 2.24) is 5.32 Å². The van der Waals surface area contributed by atoms with Gasteiger partial charge in [-0.1, -0.05) is 0 Å². The molecule has 0 aliphatic carbocycles. The minimum Gasteiger partial charge on any atom is -0.394 e. The van der Waals surface area contributed by atoms with Crippen molar-refractivity contribution in [3.8, 4) is 0 Å². The molecule has 1 spiro atoms. The lowest BCUT2D eigenvalue weighted by Gasteiger charge is -2.52. The average Bonchev–Trinajstić information content (AvgIpc) is 2.51. The molecule has 2 aliphatic heterocycles. The fourth-order valence-corrected chi connectivity index (χ4v) is 4.83. The normalized spacial score (nSPS) is 30.5. The predicted molar refractivity (Wildman–Crippen MR) is 83.3 cm³/mol. The second kappa shape index (κ2) is 7.06. The number of nitrogens with one attached hydrogen (secondary N) is 1. The van der Waals surface area contributed by atoms with Crippen molar-refractivity contribution in [3.05, 3.63) is 0 Å². The van der Waals surface area contributed by atoms with Gasteiger partial charge in [-0.2, -0.15) is 0 Å². The zero-order chi connectivity index (χ0) is 17.2. The van der Waals surface area contributed by atoms with Crippen LogP contribution >= 0.6 is 7.60 Å². The van der Waals surface area contributed by atoms with E-state index in [2.05, 4.69) is 5.32 Å². The summed E-state index contributed by atoms with van der Waals surface area (Å²) in [5, 5.41) is 11.9. The predicted octanol–water partition coefficient (Wildman–Crippen LogP) is 1.08. The Morgan fingerprint density at radius 2 is 1.65 bits per heavy atom.